The molecule has 1 heterocycles. The Kier molecular flexibility index (Phi) is 8.42. The largest absolute Gasteiger partial charge is 0.491 e. The minimum atomic E-state index is -4.48. The van der Waals surface area contributed by atoms with Gasteiger partial charge in [-0.3, -0.25) is 4.99 Å². The first-order valence-corrected chi connectivity index (χ1v) is 10.1. The highest BCUT2D eigenvalue weighted by Crippen LogP contribution is 2.35. The summed E-state index contributed by atoms with van der Waals surface area (Å²) in [5.74, 6) is 0.286. The molecule has 0 atom stereocenters. The second-order valence-corrected chi connectivity index (χ2v) is 9.56. The lowest BCUT2D eigenvalue weighted by Gasteiger charge is -2.39. The molecule has 1 aromatic carbocycles. The number of guanidine groups is 1. The number of nitrogens with one attached hydrogen (secondary N) is 1. The van der Waals surface area contributed by atoms with Gasteiger partial charge in [0, 0.05) is 20.1 Å². The second kappa shape index (κ2) is 9.51. The summed E-state index contributed by atoms with van der Waals surface area (Å²) in [6.07, 6.45) is -4.48. The molecule has 0 saturated carbocycles. The van der Waals surface area contributed by atoms with E-state index < -0.39 is 26.3 Å². The van der Waals surface area contributed by atoms with Crippen LogP contribution >= 0.6 is 24.0 Å². The van der Waals surface area contributed by atoms with Crippen LogP contribution in [0.25, 0.3) is 0 Å². The van der Waals surface area contributed by atoms with E-state index in [1.807, 2.05) is 4.90 Å². The third kappa shape index (κ3) is 5.88. The Morgan fingerprint density at radius 1 is 1.32 bits per heavy atom. The molecule has 1 fully saturated rings. The van der Waals surface area contributed by atoms with E-state index in [9.17, 15) is 21.6 Å². The van der Waals surface area contributed by atoms with Gasteiger partial charge in [0.15, 0.2) is 15.8 Å². The molecule has 0 radical (unpaired) electrons. The standard InChI is InChI=1S/C17H24F3N3O3S.HI/c1-16(2)12-23(9-11-27(16,24)25)15(21-3)22-8-10-26-14-7-5-4-6-13(14)17(18,19)20;/h4-7H,8-12H2,1-3H3,(H,21,22);1H. The van der Waals surface area contributed by atoms with Crippen molar-refractivity contribution in [2.75, 3.05) is 39.0 Å². The van der Waals surface area contributed by atoms with E-state index in [-0.39, 0.29) is 55.2 Å². The molecule has 0 aliphatic carbocycles. The van der Waals surface area contributed by atoms with Crippen molar-refractivity contribution in [1.82, 2.24) is 10.2 Å². The molecule has 11 heteroatoms. The lowest BCUT2D eigenvalue weighted by molar-refractivity contribution is -0.138. The Morgan fingerprint density at radius 3 is 2.54 bits per heavy atom. The van der Waals surface area contributed by atoms with Crippen LogP contribution in [0.2, 0.25) is 0 Å². The van der Waals surface area contributed by atoms with Crippen molar-refractivity contribution in [3.63, 3.8) is 0 Å². The summed E-state index contributed by atoms with van der Waals surface area (Å²) in [6, 6.07) is 5.03. The fourth-order valence-corrected chi connectivity index (χ4v) is 4.17. The number of nitrogens with zero attached hydrogens (tertiary/aromatic N) is 2. The van der Waals surface area contributed by atoms with E-state index in [1.165, 1.54) is 18.2 Å². The molecule has 1 saturated heterocycles. The van der Waals surface area contributed by atoms with Crippen molar-refractivity contribution >= 4 is 39.8 Å². The summed E-state index contributed by atoms with van der Waals surface area (Å²) in [5.41, 5.74) is -0.822. The number of para-hydroxylation sites is 1. The van der Waals surface area contributed by atoms with Crippen LogP contribution in [0.1, 0.15) is 19.4 Å². The molecule has 0 spiro atoms. The number of alkyl halides is 3. The predicted octanol–water partition coefficient (Wildman–Crippen LogP) is 2.79. The van der Waals surface area contributed by atoms with Crippen LogP contribution in [0.3, 0.4) is 0 Å². The third-order valence-electron chi connectivity index (χ3n) is 4.39. The molecule has 6 nitrogen and oxygen atoms in total. The molecular formula is C17H25F3IN3O3S. The average Bonchev–Trinajstić information content (AvgIpc) is 2.57. The van der Waals surface area contributed by atoms with Crippen LogP contribution in [0, 0.1) is 0 Å². The van der Waals surface area contributed by atoms with Gasteiger partial charge in [0.05, 0.1) is 22.6 Å². The van der Waals surface area contributed by atoms with Crippen molar-refractivity contribution in [1.29, 1.82) is 0 Å². The van der Waals surface area contributed by atoms with E-state index in [0.717, 1.165) is 6.07 Å². The fourth-order valence-electron chi connectivity index (χ4n) is 2.81. The van der Waals surface area contributed by atoms with Gasteiger partial charge in [-0.2, -0.15) is 13.2 Å². The van der Waals surface area contributed by atoms with Gasteiger partial charge >= 0.3 is 6.18 Å². The Morgan fingerprint density at radius 2 is 1.96 bits per heavy atom. The summed E-state index contributed by atoms with van der Waals surface area (Å²) >= 11 is 0. The minimum absolute atomic E-state index is 0. The van der Waals surface area contributed by atoms with E-state index >= 15 is 0 Å². The fraction of sp³-hybridized carbons (Fsp3) is 0.588. The van der Waals surface area contributed by atoms with Crippen LogP contribution in [-0.2, 0) is 16.0 Å². The Balaban J connectivity index is 0.00000392. The van der Waals surface area contributed by atoms with Crippen LogP contribution < -0.4 is 10.1 Å². The lowest BCUT2D eigenvalue weighted by atomic mass is 10.2. The van der Waals surface area contributed by atoms with Crippen LogP contribution in [0.5, 0.6) is 5.75 Å². The van der Waals surface area contributed by atoms with Crippen LogP contribution in [0.15, 0.2) is 29.3 Å². The zero-order valence-electron chi connectivity index (χ0n) is 15.9. The first-order chi connectivity index (χ1) is 12.5. The maximum absolute atomic E-state index is 12.9. The molecule has 0 amide bonds. The van der Waals surface area contributed by atoms with Crippen molar-refractivity contribution < 1.29 is 26.3 Å². The summed E-state index contributed by atoms with van der Waals surface area (Å²) < 4.78 is 67.4. The summed E-state index contributed by atoms with van der Waals surface area (Å²) in [5, 5.41) is 3.01. The minimum Gasteiger partial charge on any atom is -0.491 e. The van der Waals surface area contributed by atoms with E-state index in [4.69, 9.17) is 4.74 Å². The molecule has 160 valence electrons. The summed E-state index contributed by atoms with van der Waals surface area (Å²) in [6.45, 7) is 4.15. The first-order valence-electron chi connectivity index (χ1n) is 8.45. The SMILES string of the molecule is CN=C(NCCOc1ccccc1C(F)(F)F)N1CCS(=O)(=O)C(C)(C)C1.I. The monoisotopic (exact) mass is 535 g/mol. The number of aliphatic imine (C=N–C) groups is 1. The highest BCUT2D eigenvalue weighted by molar-refractivity contribution is 14.0. The van der Waals surface area contributed by atoms with Crippen molar-refractivity contribution in [3.8, 4) is 5.75 Å². The normalized spacial score (nSPS) is 18.9. The number of sulfone groups is 1. The molecule has 0 aromatic heterocycles. The van der Waals surface area contributed by atoms with Gasteiger partial charge in [-0.1, -0.05) is 12.1 Å². The summed E-state index contributed by atoms with van der Waals surface area (Å²) in [7, 11) is -1.60. The first kappa shape index (κ1) is 24.8. The van der Waals surface area contributed by atoms with Gasteiger partial charge in [0.2, 0.25) is 0 Å². The average molecular weight is 535 g/mol. The summed E-state index contributed by atoms with van der Waals surface area (Å²) in [4.78, 5) is 5.95. The molecule has 1 aliphatic heterocycles. The topological polar surface area (TPSA) is 71.0 Å². The van der Waals surface area contributed by atoms with Crippen LogP contribution in [-0.4, -0.2) is 63.1 Å². The molecule has 1 N–H and O–H groups in total. The molecule has 2 rings (SSSR count). The van der Waals surface area contributed by atoms with Gasteiger partial charge in [-0.25, -0.2) is 8.42 Å². The van der Waals surface area contributed by atoms with E-state index in [0.29, 0.717) is 12.5 Å². The maximum Gasteiger partial charge on any atom is 0.419 e. The highest BCUT2D eigenvalue weighted by atomic mass is 127. The number of benzene rings is 1. The van der Waals surface area contributed by atoms with Gasteiger partial charge < -0.3 is 15.0 Å². The molecular weight excluding hydrogens is 510 g/mol. The number of rotatable bonds is 4. The van der Waals surface area contributed by atoms with Crippen molar-refractivity contribution in [2.45, 2.75) is 24.8 Å². The van der Waals surface area contributed by atoms with E-state index in [2.05, 4.69) is 10.3 Å². The van der Waals surface area contributed by atoms with Gasteiger partial charge in [0.1, 0.15) is 12.4 Å². The number of hydrogen-bond acceptors (Lipinski definition) is 4. The molecule has 1 aliphatic rings. The van der Waals surface area contributed by atoms with Gasteiger partial charge in [-0.05, 0) is 26.0 Å². The lowest BCUT2D eigenvalue weighted by Crippen LogP contribution is -2.57. The predicted molar refractivity (Wildman–Crippen MR) is 113 cm³/mol. The molecule has 1 aromatic rings. The molecule has 0 unspecified atom stereocenters. The Hall–Kier alpha value is -1.24. The molecule has 28 heavy (non-hydrogen) atoms. The zero-order valence-corrected chi connectivity index (χ0v) is 19.1. The van der Waals surface area contributed by atoms with Gasteiger partial charge in [-0.15, -0.1) is 24.0 Å². The van der Waals surface area contributed by atoms with Crippen molar-refractivity contribution in [3.05, 3.63) is 29.8 Å². The number of halogens is 4. The molecule has 0 bridgehead atoms. The maximum atomic E-state index is 12.9. The quantitative estimate of drug-likeness (QED) is 0.278. The Labute approximate surface area is 180 Å². The van der Waals surface area contributed by atoms with Crippen molar-refractivity contribution in [2.24, 2.45) is 4.99 Å². The highest BCUT2D eigenvalue weighted by Gasteiger charge is 2.41. The van der Waals surface area contributed by atoms with E-state index in [1.54, 1.807) is 20.9 Å². The number of ether oxygens (including phenoxy) is 1. The smallest absolute Gasteiger partial charge is 0.419 e. The van der Waals surface area contributed by atoms with Crippen LogP contribution in [0.4, 0.5) is 13.2 Å². The zero-order chi connectivity index (χ0) is 20.3. The third-order valence-corrected chi connectivity index (χ3v) is 6.92. The number of hydrogen-bond donors (Lipinski definition) is 1. The second-order valence-electron chi connectivity index (χ2n) is 6.82. The van der Waals surface area contributed by atoms with Gasteiger partial charge in [0.25, 0.3) is 0 Å². The Bertz CT molecular complexity index is 798.